The van der Waals surface area contributed by atoms with E-state index in [2.05, 4.69) is 0 Å². The van der Waals surface area contributed by atoms with Gasteiger partial charge in [-0.3, -0.25) is 14.4 Å². The number of hydrogen-bond acceptors (Lipinski definition) is 5. The predicted molar refractivity (Wildman–Crippen MR) is 92.6 cm³/mol. The van der Waals surface area contributed by atoms with E-state index in [0.717, 1.165) is 0 Å². The van der Waals surface area contributed by atoms with Crippen LogP contribution >= 0.6 is 0 Å². The lowest BCUT2D eigenvalue weighted by Gasteiger charge is -2.26. The summed E-state index contributed by atoms with van der Waals surface area (Å²) in [4.78, 5) is 12.1. The largest absolute Gasteiger partial charge is 0.308 e. The van der Waals surface area contributed by atoms with Gasteiger partial charge in [-0.15, -0.1) is 0 Å². The zero-order valence-electron chi connectivity index (χ0n) is 13.5. The third-order valence-electron chi connectivity index (χ3n) is 3.43. The maximum atomic E-state index is 13.0. The number of para-hydroxylation sites is 1. The maximum Gasteiger partial charge on any atom is 0.269 e. The molecule has 2 rings (SSSR count). The Kier molecular flexibility index (Phi) is 5.53. The van der Waals surface area contributed by atoms with Gasteiger partial charge in [0.05, 0.1) is 15.5 Å². The zero-order valence-corrected chi connectivity index (χ0v) is 14.3. The number of nitro benzene ring substituents is 1. The van der Waals surface area contributed by atoms with Crippen LogP contribution in [0.1, 0.15) is 0 Å². The summed E-state index contributed by atoms with van der Waals surface area (Å²) in [6.45, 7) is 0.817. The van der Waals surface area contributed by atoms with Crippen molar-refractivity contribution in [2.24, 2.45) is 0 Å². The first-order valence-electron chi connectivity index (χ1n) is 7.29. The van der Waals surface area contributed by atoms with E-state index in [-0.39, 0.29) is 17.1 Å². The number of likely N-dealkylation sites (N-methyl/N-ethyl adjacent to an activating group) is 1. The second kappa shape index (κ2) is 7.41. The molecule has 128 valence electrons. The van der Waals surface area contributed by atoms with Gasteiger partial charge in [0.1, 0.15) is 0 Å². The highest BCUT2D eigenvalue weighted by molar-refractivity contribution is 7.92. The van der Waals surface area contributed by atoms with Crippen LogP contribution in [0.3, 0.4) is 0 Å². The van der Waals surface area contributed by atoms with Crippen LogP contribution in [0.15, 0.2) is 59.5 Å². The first kappa shape index (κ1) is 17.9. The minimum atomic E-state index is -3.81. The lowest BCUT2D eigenvalue weighted by atomic mass is 10.3. The molecular weight excluding hydrogens is 330 g/mol. The Bertz CT molecular complexity index is 790. The third kappa shape index (κ3) is 4.09. The number of benzene rings is 2. The van der Waals surface area contributed by atoms with Gasteiger partial charge in [0.25, 0.3) is 15.7 Å². The van der Waals surface area contributed by atoms with Crippen molar-refractivity contribution in [2.75, 3.05) is 31.5 Å². The number of non-ortho nitro benzene ring substituents is 1. The van der Waals surface area contributed by atoms with Crippen LogP contribution in [0.2, 0.25) is 0 Å². The highest BCUT2D eigenvalue weighted by atomic mass is 32.2. The van der Waals surface area contributed by atoms with Crippen molar-refractivity contribution in [1.29, 1.82) is 0 Å². The molecule has 2 aromatic carbocycles. The molecule has 0 radical (unpaired) electrons. The molecule has 8 heteroatoms. The highest BCUT2D eigenvalue weighted by Gasteiger charge is 2.25. The summed E-state index contributed by atoms with van der Waals surface area (Å²) in [5.74, 6) is 0. The molecule has 0 saturated heterocycles. The average molecular weight is 349 g/mol. The second-order valence-corrected chi connectivity index (χ2v) is 7.33. The molecule has 0 N–H and O–H groups in total. The minimum absolute atomic E-state index is 0.0238. The van der Waals surface area contributed by atoms with Gasteiger partial charge in [0, 0.05) is 25.2 Å². The van der Waals surface area contributed by atoms with Gasteiger partial charge in [-0.1, -0.05) is 18.2 Å². The number of nitro groups is 1. The van der Waals surface area contributed by atoms with Crippen LogP contribution in [0.4, 0.5) is 11.4 Å². The molecule has 0 heterocycles. The molecule has 7 nitrogen and oxygen atoms in total. The number of rotatable bonds is 7. The molecule has 0 amide bonds. The molecule has 24 heavy (non-hydrogen) atoms. The van der Waals surface area contributed by atoms with Crippen molar-refractivity contribution in [2.45, 2.75) is 4.90 Å². The average Bonchev–Trinajstić information content (AvgIpc) is 2.55. The molecule has 0 unspecified atom stereocenters. The molecular formula is C16H19N3O4S. The third-order valence-corrected chi connectivity index (χ3v) is 5.27. The predicted octanol–water partition coefficient (Wildman–Crippen LogP) is 2.35. The van der Waals surface area contributed by atoms with E-state index in [4.69, 9.17) is 0 Å². The van der Waals surface area contributed by atoms with E-state index < -0.39 is 14.9 Å². The molecule has 0 aliphatic rings. The van der Waals surface area contributed by atoms with Crippen molar-refractivity contribution < 1.29 is 13.3 Å². The summed E-state index contributed by atoms with van der Waals surface area (Å²) >= 11 is 0. The summed E-state index contributed by atoms with van der Waals surface area (Å²) in [7, 11) is -0.0826. The molecule has 0 atom stereocenters. The molecule has 0 aromatic heterocycles. The molecule has 0 bridgehead atoms. The van der Waals surface area contributed by atoms with E-state index in [1.807, 2.05) is 25.1 Å². The van der Waals surface area contributed by atoms with Gasteiger partial charge in [0.15, 0.2) is 0 Å². The van der Waals surface area contributed by atoms with Crippen LogP contribution in [0.25, 0.3) is 0 Å². The minimum Gasteiger partial charge on any atom is -0.308 e. The first-order valence-corrected chi connectivity index (χ1v) is 8.73. The van der Waals surface area contributed by atoms with E-state index in [0.29, 0.717) is 12.2 Å². The smallest absolute Gasteiger partial charge is 0.269 e. The lowest BCUT2D eigenvalue weighted by molar-refractivity contribution is -0.384. The van der Waals surface area contributed by atoms with E-state index in [1.54, 1.807) is 24.3 Å². The molecule has 0 aliphatic carbocycles. The van der Waals surface area contributed by atoms with Gasteiger partial charge in [-0.05, 0) is 38.4 Å². The second-order valence-electron chi connectivity index (χ2n) is 5.47. The molecule has 0 fully saturated rings. The fraction of sp³-hybridized carbons (Fsp3) is 0.250. The Balaban J connectivity index is 2.41. The number of sulfonamides is 1. The Morgan fingerprint density at radius 2 is 1.54 bits per heavy atom. The van der Waals surface area contributed by atoms with Gasteiger partial charge in [-0.25, -0.2) is 8.42 Å². The van der Waals surface area contributed by atoms with E-state index in [9.17, 15) is 18.5 Å². The van der Waals surface area contributed by atoms with Crippen molar-refractivity contribution in [1.82, 2.24) is 4.90 Å². The van der Waals surface area contributed by atoms with Crippen LogP contribution in [-0.2, 0) is 10.0 Å². The van der Waals surface area contributed by atoms with Crippen LogP contribution in [-0.4, -0.2) is 45.4 Å². The summed E-state index contributed by atoms with van der Waals surface area (Å²) in [6, 6.07) is 13.7. The lowest BCUT2D eigenvalue weighted by Crippen LogP contribution is -2.36. The van der Waals surface area contributed by atoms with Crippen molar-refractivity contribution in [3.8, 4) is 0 Å². The Labute approximate surface area is 141 Å². The summed E-state index contributed by atoms with van der Waals surface area (Å²) < 4.78 is 27.2. The Morgan fingerprint density at radius 3 is 2.04 bits per heavy atom. The Hall–Kier alpha value is -2.45. The van der Waals surface area contributed by atoms with E-state index in [1.165, 1.54) is 28.6 Å². The van der Waals surface area contributed by atoms with Gasteiger partial charge in [-0.2, -0.15) is 0 Å². The van der Waals surface area contributed by atoms with Gasteiger partial charge in [0.2, 0.25) is 0 Å². The summed E-state index contributed by atoms with van der Waals surface area (Å²) in [5, 5.41) is 10.7. The van der Waals surface area contributed by atoms with Crippen molar-refractivity contribution in [3.63, 3.8) is 0 Å². The monoisotopic (exact) mass is 349 g/mol. The fourth-order valence-corrected chi connectivity index (χ4v) is 3.60. The van der Waals surface area contributed by atoms with Crippen molar-refractivity contribution >= 4 is 21.4 Å². The topological polar surface area (TPSA) is 83.8 Å². The fourth-order valence-electron chi connectivity index (χ4n) is 2.14. The normalized spacial score (nSPS) is 11.5. The summed E-state index contributed by atoms with van der Waals surface area (Å²) in [5.41, 5.74) is 0.409. The highest BCUT2D eigenvalue weighted by Crippen LogP contribution is 2.24. The number of anilines is 1. The van der Waals surface area contributed by atoms with Gasteiger partial charge >= 0.3 is 0 Å². The molecule has 0 aliphatic heterocycles. The van der Waals surface area contributed by atoms with Crippen LogP contribution in [0, 0.1) is 10.1 Å². The SMILES string of the molecule is CN(C)CCN(c1ccccc1)S(=O)(=O)c1ccc([N+](=O)[O-])cc1. The molecule has 0 saturated carbocycles. The van der Waals surface area contributed by atoms with Crippen molar-refractivity contribution in [3.05, 3.63) is 64.7 Å². The number of nitrogens with zero attached hydrogens (tertiary/aromatic N) is 3. The standard InChI is InChI=1S/C16H19N3O4S/c1-17(2)12-13-18(14-6-4-3-5-7-14)24(22,23)16-10-8-15(9-11-16)19(20)21/h3-11H,12-13H2,1-2H3. The Morgan fingerprint density at radius 1 is 0.958 bits per heavy atom. The molecule has 0 spiro atoms. The van der Waals surface area contributed by atoms with E-state index >= 15 is 0 Å². The zero-order chi connectivity index (χ0) is 17.7. The summed E-state index contributed by atoms with van der Waals surface area (Å²) in [6.07, 6.45) is 0. The molecule has 2 aromatic rings. The first-order chi connectivity index (χ1) is 11.3. The number of hydrogen-bond donors (Lipinski definition) is 0. The van der Waals surface area contributed by atoms with Crippen LogP contribution < -0.4 is 4.31 Å². The quantitative estimate of drug-likeness (QED) is 0.566. The van der Waals surface area contributed by atoms with Crippen LogP contribution in [0.5, 0.6) is 0 Å². The van der Waals surface area contributed by atoms with Gasteiger partial charge < -0.3 is 4.90 Å². The maximum absolute atomic E-state index is 13.0.